The van der Waals surface area contributed by atoms with E-state index in [1.165, 1.54) is 0 Å². The topological polar surface area (TPSA) is 86.0 Å². The molecule has 0 aromatic carbocycles. The second kappa shape index (κ2) is 5.92. The molecule has 6 heteroatoms. The lowest BCUT2D eigenvalue weighted by Crippen LogP contribution is -2.09. The molecule has 2 rings (SSSR count). The summed E-state index contributed by atoms with van der Waals surface area (Å²) in [4.78, 5) is 12.6. The van der Waals surface area contributed by atoms with Crippen LogP contribution in [0.3, 0.4) is 0 Å². The van der Waals surface area contributed by atoms with Gasteiger partial charge in [-0.1, -0.05) is 0 Å². The van der Waals surface area contributed by atoms with E-state index in [-0.39, 0.29) is 0 Å². The van der Waals surface area contributed by atoms with Crippen LogP contribution < -0.4 is 11.1 Å². The quantitative estimate of drug-likeness (QED) is 0.769. The van der Waals surface area contributed by atoms with Gasteiger partial charge in [0.05, 0.1) is 24.2 Å². The van der Waals surface area contributed by atoms with Crippen molar-refractivity contribution in [2.45, 2.75) is 0 Å². The van der Waals surface area contributed by atoms with Crippen LogP contribution in [0.4, 0.5) is 11.6 Å². The number of anilines is 2. The Morgan fingerprint density at radius 3 is 2.56 bits per heavy atom. The van der Waals surface area contributed by atoms with Gasteiger partial charge < -0.3 is 15.8 Å². The molecular formula is C12H15N5O. The van der Waals surface area contributed by atoms with Gasteiger partial charge in [0.1, 0.15) is 0 Å². The zero-order valence-corrected chi connectivity index (χ0v) is 10.1. The summed E-state index contributed by atoms with van der Waals surface area (Å²) in [5.41, 5.74) is 7.87. The lowest BCUT2D eigenvalue weighted by Gasteiger charge is -2.04. The van der Waals surface area contributed by atoms with Crippen LogP contribution in [0.15, 0.2) is 30.7 Å². The molecule has 0 unspecified atom stereocenters. The van der Waals surface area contributed by atoms with Crippen LogP contribution in [0.2, 0.25) is 0 Å². The summed E-state index contributed by atoms with van der Waals surface area (Å²) in [7, 11) is 1.65. The summed E-state index contributed by atoms with van der Waals surface area (Å²) in [5, 5.41) is 3.05. The van der Waals surface area contributed by atoms with E-state index in [4.69, 9.17) is 10.5 Å². The standard InChI is InChI=1S/C12H15N5O/c1-18-5-4-14-12-16-6-9(7-17-12)11-3-2-10(13)8-15-11/h2-3,6-8H,4-5,13H2,1H3,(H,14,16,17). The first-order chi connectivity index (χ1) is 8.79. The highest BCUT2D eigenvalue weighted by Crippen LogP contribution is 2.16. The fraction of sp³-hybridized carbons (Fsp3) is 0.250. The Hall–Kier alpha value is -2.21. The molecule has 0 radical (unpaired) electrons. The average molecular weight is 245 g/mol. The molecule has 0 spiro atoms. The van der Waals surface area contributed by atoms with Crippen molar-refractivity contribution in [3.8, 4) is 11.3 Å². The van der Waals surface area contributed by atoms with Crippen molar-refractivity contribution in [2.75, 3.05) is 31.3 Å². The molecule has 0 bridgehead atoms. The van der Waals surface area contributed by atoms with E-state index < -0.39 is 0 Å². The number of nitrogens with zero attached hydrogens (tertiary/aromatic N) is 3. The average Bonchev–Trinajstić information content (AvgIpc) is 2.41. The second-order valence-corrected chi connectivity index (χ2v) is 3.69. The lowest BCUT2D eigenvalue weighted by atomic mass is 10.2. The van der Waals surface area contributed by atoms with E-state index >= 15 is 0 Å². The highest BCUT2D eigenvalue weighted by atomic mass is 16.5. The van der Waals surface area contributed by atoms with Crippen LogP contribution in [0.5, 0.6) is 0 Å². The monoisotopic (exact) mass is 245 g/mol. The van der Waals surface area contributed by atoms with Gasteiger partial charge >= 0.3 is 0 Å². The van der Waals surface area contributed by atoms with Crippen molar-refractivity contribution in [1.29, 1.82) is 0 Å². The molecule has 0 saturated carbocycles. The molecule has 6 nitrogen and oxygen atoms in total. The number of aromatic nitrogens is 3. The number of pyridine rings is 1. The third kappa shape index (κ3) is 3.14. The van der Waals surface area contributed by atoms with Gasteiger partial charge in [0.25, 0.3) is 0 Å². The van der Waals surface area contributed by atoms with Gasteiger partial charge in [-0.2, -0.15) is 0 Å². The minimum Gasteiger partial charge on any atom is -0.397 e. The minimum atomic E-state index is 0.575. The van der Waals surface area contributed by atoms with E-state index in [1.807, 2.05) is 6.07 Å². The van der Waals surface area contributed by atoms with Crippen molar-refractivity contribution in [3.63, 3.8) is 0 Å². The van der Waals surface area contributed by atoms with Crippen molar-refractivity contribution >= 4 is 11.6 Å². The van der Waals surface area contributed by atoms with Crippen LogP contribution >= 0.6 is 0 Å². The Labute approximate surface area is 105 Å². The summed E-state index contributed by atoms with van der Waals surface area (Å²) in [6.45, 7) is 1.29. The molecule has 3 N–H and O–H groups in total. The zero-order chi connectivity index (χ0) is 12.8. The molecule has 0 aliphatic rings. The van der Waals surface area contributed by atoms with Gasteiger partial charge in [-0.25, -0.2) is 9.97 Å². The third-order valence-corrected chi connectivity index (χ3v) is 2.32. The number of hydrogen-bond donors (Lipinski definition) is 2. The Balaban J connectivity index is 2.05. The summed E-state index contributed by atoms with van der Waals surface area (Å²) >= 11 is 0. The molecule has 0 fully saturated rings. The van der Waals surface area contributed by atoms with Gasteiger partial charge in [0.2, 0.25) is 5.95 Å². The lowest BCUT2D eigenvalue weighted by molar-refractivity contribution is 0.210. The first-order valence-electron chi connectivity index (χ1n) is 5.56. The molecule has 0 aliphatic heterocycles. The number of nitrogens with one attached hydrogen (secondary N) is 1. The second-order valence-electron chi connectivity index (χ2n) is 3.69. The number of hydrogen-bond acceptors (Lipinski definition) is 6. The molecule has 0 atom stereocenters. The fourth-order valence-electron chi connectivity index (χ4n) is 1.39. The van der Waals surface area contributed by atoms with E-state index in [1.54, 1.807) is 31.8 Å². The first kappa shape index (κ1) is 12.3. The van der Waals surface area contributed by atoms with Gasteiger partial charge in [-0.3, -0.25) is 4.98 Å². The van der Waals surface area contributed by atoms with Gasteiger partial charge in [-0.15, -0.1) is 0 Å². The predicted octanol–water partition coefficient (Wildman–Crippen LogP) is 1.18. The van der Waals surface area contributed by atoms with Crippen molar-refractivity contribution in [1.82, 2.24) is 15.0 Å². The SMILES string of the molecule is COCCNc1ncc(-c2ccc(N)cn2)cn1. The van der Waals surface area contributed by atoms with Crippen LogP contribution in [0.1, 0.15) is 0 Å². The summed E-state index contributed by atoms with van der Waals surface area (Å²) in [5.74, 6) is 0.575. The molecule has 94 valence electrons. The van der Waals surface area contributed by atoms with Crippen molar-refractivity contribution in [2.24, 2.45) is 0 Å². The number of nitrogen functional groups attached to an aromatic ring is 1. The summed E-state index contributed by atoms with van der Waals surface area (Å²) < 4.78 is 4.93. The molecule has 18 heavy (non-hydrogen) atoms. The maximum absolute atomic E-state index is 5.58. The number of rotatable bonds is 5. The summed E-state index contributed by atoms with van der Waals surface area (Å²) in [6, 6.07) is 3.64. The Morgan fingerprint density at radius 2 is 1.94 bits per heavy atom. The van der Waals surface area contributed by atoms with Crippen LogP contribution in [0.25, 0.3) is 11.3 Å². The maximum atomic E-state index is 5.58. The minimum absolute atomic E-state index is 0.575. The normalized spacial score (nSPS) is 10.3. The van der Waals surface area contributed by atoms with Gasteiger partial charge in [0, 0.05) is 31.6 Å². The fourth-order valence-corrected chi connectivity index (χ4v) is 1.39. The Morgan fingerprint density at radius 1 is 1.17 bits per heavy atom. The van der Waals surface area contributed by atoms with Crippen LogP contribution in [0, 0.1) is 0 Å². The highest BCUT2D eigenvalue weighted by Gasteiger charge is 2.01. The first-order valence-corrected chi connectivity index (χ1v) is 5.56. The highest BCUT2D eigenvalue weighted by molar-refractivity contribution is 5.59. The van der Waals surface area contributed by atoms with Crippen LogP contribution in [-0.4, -0.2) is 35.2 Å². The van der Waals surface area contributed by atoms with E-state index in [9.17, 15) is 0 Å². The van der Waals surface area contributed by atoms with E-state index in [0.717, 1.165) is 11.3 Å². The van der Waals surface area contributed by atoms with Crippen molar-refractivity contribution < 1.29 is 4.74 Å². The molecule has 2 aromatic heterocycles. The number of nitrogens with two attached hydrogens (primary N) is 1. The van der Waals surface area contributed by atoms with Crippen molar-refractivity contribution in [3.05, 3.63) is 30.7 Å². The number of ether oxygens (including phenoxy) is 1. The Kier molecular flexibility index (Phi) is 4.03. The number of methoxy groups -OCH3 is 1. The molecular weight excluding hydrogens is 230 g/mol. The zero-order valence-electron chi connectivity index (χ0n) is 10.1. The molecule has 0 aliphatic carbocycles. The molecule has 0 amide bonds. The predicted molar refractivity (Wildman–Crippen MR) is 70.0 cm³/mol. The summed E-state index contributed by atoms with van der Waals surface area (Å²) in [6.07, 6.45) is 5.06. The molecule has 0 saturated heterocycles. The smallest absolute Gasteiger partial charge is 0.222 e. The third-order valence-electron chi connectivity index (χ3n) is 2.32. The molecule has 2 aromatic rings. The van der Waals surface area contributed by atoms with E-state index in [2.05, 4.69) is 20.3 Å². The molecule has 2 heterocycles. The van der Waals surface area contributed by atoms with Gasteiger partial charge in [0.15, 0.2) is 0 Å². The van der Waals surface area contributed by atoms with Gasteiger partial charge in [-0.05, 0) is 12.1 Å². The Bertz CT molecular complexity index is 483. The van der Waals surface area contributed by atoms with E-state index in [0.29, 0.717) is 24.8 Å². The largest absolute Gasteiger partial charge is 0.397 e. The van der Waals surface area contributed by atoms with Crippen LogP contribution in [-0.2, 0) is 4.74 Å². The maximum Gasteiger partial charge on any atom is 0.222 e.